The van der Waals surface area contributed by atoms with Gasteiger partial charge in [-0.25, -0.2) is 0 Å². The molecule has 0 saturated carbocycles. The molecule has 3 aromatic rings. The zero-order valence-corrected chi connectivity index (χ0v) is 15.7. The van der Waals surface area contributed by atoms with E-state index in [0.29, 0.717) is 11.3 Å². The third-order valence-electron chi connectivity index (χ3n) is 4.52. The van der Waals surface area contributed by atoms with Crippen LogP contribution in [0.5, 0.6) is 0 Å². The van der Waals surface area contributed by atoms with Gasteiger partial charge in [0.25, 0.3) is 5.91 Å². The van der Waals surface area contributed by atoms with Gasteiger partial charge in [0.1, 0.15) is 0 Å². The molecule has 150 valence electrons. The zero-order chi connectivity index (χ0) is 21.2. The fourth-order valence-corrected chi connectivity index (χ4v) is 2.92. The summed E-state index contributed by atoms with van der Waals surface area (Å²) in [4.78, 5) is 28.6. The van der Waals surface area contributed by atoms with Crippen molar-refractivity contribution in [3.8, 4) is 0 Å². The molecule has 8 heteroatoms. The van der Waals surface area contributed by atoms with Crippen LogP contribution in [0.15, 0.2) is 65.7 Å². The summed E-state index contributed by atoms with van der Waals surface area (Å²) >= 11 is 0. The van der Waals surface area contributed by atoms with Crippen molar-refractivity contribution in [1.82, 2.24) is 14.9 Å². The Kier molecular flexibility index (Phi) is 5.54. The molecule has 0 bridgehead atoms. The number of nitrogens with zero attached hydrogens (tertiary/aromatic N) is 2. The summed E-state index contributed by atoms with van der Waals surface area (Å²) in [6.07, 6.45) is -1.50. The highest BCUT2D eigenvalue weighted by Crippen LogP contribution is 2.31. The largest absolute Gasteiger partial charge is 0.416 e. The number of aromatic nitrogens is 2. The number of rotatable bonds is 4. The van der Waals surface area contributed by atoms with Gasteiger partial charge in [-0.2, -0.15) is 13.2 Å². The second-order valence-electron chi connectivity index (χ2n) is 6.60. The lowest BCUT2D eigenvalue weighted by atomic mass is 9.98. The average molecular weight is 401 g/mol. The molecule has 0 radical (unpaired) electrons. The number of amides is 1. The molecular weight excluding hydrogens is 383 g/mol. The Morgan fingerprint density at radius 1 is 1.10 bits per heavy atom. The molecule has 0 aliphatic carbocycles. The van der Waals surface area contributed by atoms with Gasteiger partial charge in [0.05, 0.1) is 22.9 Å². The number of benzene rings is 1. The SMILES string of the molecule is Cc1cccnc1C(NC(=O)c1ccc(=O)n(C)c1)c1ccc(C(F)(F)F)cc1. The van der Waals surface area contributed by atoms with Crippen LogP contribution in [0.4, 0.5) is 13.2 Å². The molecule has 0 fully saturated rings. The number of alkyl halides is 3. The first-order valence-corrected chi connectivity index (χ1v) is 8.73. The van der Waals surface area contributed by atoms with Crippen LogP contribution in [-0.2, 0) is 13.2 Å². The van der Waals surface area contributed by atoms with E-state index in [1.54, 1.807) is 25.3 Å². The fourth-order valence-electron chi connectivity index (χ4n) is 2.92. The molecule has 1 amide bonds. The van der Waals surface area contributed by atoms with E-state index >= 15 is 0 Å². The Bertz CT molecular complexity index is 1090. The molecule has 1 N–H and O–H groups in total. The number of nitrogens with one attached hydrogen (secondary N) is 1. The topological polar surface area (TPSA) is 64.0 Å². The summed E-state index contributed by atoms with van der Waals surface area (Å²) in [6, 6.07) is 10.0. The van der Waals surface area contributed by atoms with Crippen LogP contribution in [0.3, 0.4) is 0 Å². The van der Waals surface area contributed by atoms with Gasteiger partial charge >= 0.3 is 6.18 Å². The average Bonchev–Trinajstić information content (AvgIpc) is 2.68. The second-order valence-corrected chi connectivity index (χ2v) is 6.60. The van der Waals surface area contributed by atoms with E-state index in [4.69, 9.17) is 0 Å². The second kappa shape index (κ2) is 7.90. The molecule has 29 heavy (non-hydrogen) atoms. The van der Waals surface area contributed by atoms with Gasteiger partial charge in [-0.05, 0) is 42.3 Å². The van der Waals surface area contributed by atoms with E-state index < -0.39 is 23.7 Å². The summed E-state index contributed by atoms with van der Waals surface area (Å²) in [5.74, 6) is -0.476. The summed E-state index contributed by atoms with van der Waals surface area (Å²) in [6.45, 7) is 1.80. The standard InChI is InChI=1S/C21H18F3N3O2/c1-13-4-3-11-25-18(13)19(14-5-8-16(9-6-14)21(22,23)24)26-20(29)15-7-10-17(28)27(2)12-15/h3-12,19H,1-2H3,(H,26,29). The van der Waals surface area contributed by atoms with Crippen molar-refractivity contribution in [2.45, 2.75) is 19.1 Å². The Morgan fingerprint density at radius 2 is 1.79 bits per heavy atom. The van der Waals surface area contributed by atoms with Gasteiger partial charge in [-0.3, -0.25) is 14.6 Å². The van der Waals surface area contributed by atoms with Gasteiger partial charge < -0.3 is 9.88 Å². The lowest BCUT2D eigenvalue weighted by Crippen LogP contribution is -2.31. The minimum atomic E-state index is -4.45. The van der Waals surface area contributed by atoms with Crippen molar-refractivity contribution >= 4 is 5.91 Å². The number of aryl methyl sites for hydroxylation is 2. The molecule has 0 spiro atoms. The number of pyridine rings is 2. The Morgan fingerprint density at radius 3 is 2.38 bits per heavy atom. The van der Waals surface area contributed by atoms with Crippen molar-refractivity contribution in [2.24, 2.45) is 7.05 Å². The van der Waals surface area contributed by atoms with Crippen LogP contribution in [0.1, 0.15) is 38.8 Å². The number of hydrogen-bond donors (Lipinski definition) is 1. The third-order valence-corrected chi connectivity index (χ3v) is 4.52. The third kappa shape index (κ3) is 4.53. The maximum Gasteiger partial charge on any atom is 0.416 e. The number of halogens is 3. The first kappa shape index (κ1) is 20.3. The van der Waals surface area contributed by atoms with E-state index in [-0.39, 0.29) is 11.1 Å². The Labute approximate surface area is 164 Å². The maximum atomic E-state index is 12.9. The quantitative estimate of drug-likeness (QED) is 0.726. The number of carbonyl (C=O) groups excluding carboxylic acids is 1. The minimum absolute atomic E-state index is 0.248. The molecule has 3 rings (SSSR count). The molecule has 0 aliphatic rings. The van der Waals surface area contributed by atoms with Crippen LogP contribution in [-0.4, -0.2) is 15.5 Å². The van der Waals surface area contributed by atoms with Gasteiger partial charge in [0, 0.05) is 25.5 Å². The molecular formula is C21H18F3N3O2. The first-order valence-electron chi connectivity index (χ1n) is 8.73. The van der Waals surface area contributed by atoms with Crippen LogP contribution < -0.4 is 10.9 Å². The van der Waals surface area contributed by atoms with Gasteiger partial charge in [-0.1, -0.05) is 18.2 Å². The summed E-state index contributed by atoms with van der Waals surface area (Å²) in [5.41, 5.74) is 0.961. The smallest absolute Gasteiger partial charge is 0.339 e. The first-order chi connectivity index (χ1) is 13.7. The number of hydrogen-bond acceptors (Lipinski definition) is 3. The molecule has 5 nitrogen and oxygen atoms in total. The van der Waals surface area contributed by atoms with E-state index in [2.05, 4.69) is 10.3 Å². The summed E-state index contributed by atoms with van der Waals surface area (Å²) in [5, 5.41) is 2.81. The monoisotopic (exact) mass is 401 g/mol. The fraction of sp³-hybridized carbons (Fsp3) is 0.190. The van der Waals surface area contributed by atoms with Crippen molar-refractivity contribution in [1.29, 1.82) is 0 Å². The highest BCUT2D eigenvalue weighted by molar-refractivity contribution is 5.94. The van der Waals surface area contributed by atoms with Gasteiger partial charge in [-0.15, -0.1) is 0 Å². The van der Waals surface area contributed by atoms with E-state index in [1.165, 1.54) is 42.1 Å². The normalized spacial score (nSPS) is 12.4. The van der Waals surface area contributed by atoms with E-state index in [0.717, 1.165) is 17.7 Å². The predicted octanol–water partition coefficient (Wildman–Crippen LogP) is 3.63. The molecule has 0 saturated heterocycles. The van der Waals surface area contributed by atoms with Crippen molar-refractivity contribution in [2.75, 3.05) is 0 Å². The Balaban J connectivity index is 2.00. The van der Waals surface area contributed by atoms with Gasteiger partial charge in [0.2, 0.25) is 5.56 Å². The summed E-state index contributed by atoms with van der Waals surface area (Å²) in [7, 11) is 1.52. The minimum Gasteiger partial charge on any atom is -0.339 e. The summed E-state index contributed by atoms with van der Waals surface area (Å²) < 4.78 is 40.0. The lowest BCUT2D eigenvalue weighted by Gasteiger charge is -2.21. The van der Waals surface area contributed by atoms with Crippen molar-refractivity contribution < 1.29 is 18.0 Å². The van der Waals surface area contributed by atoms with Gasteiger partial charge in [0.15, 0.2) is 0 Å². The van der Waals surface area contributed by atoms with Crippen LogP contribution >= 0.6 is 0 Å². The molecule has 2 aromatic heterocycles. The molecule has 1 aromatic carbocycles. The van der Waals surface area contributed by atoms with Crippen LogP contribution in [0, 0.1) is 6.92 Å². The number of carbonyl (C=O) groups is 1. The molecule has 0 aliphatic heterocycles. The molecule has 1 unspecified atom stereocenters. The van der Waals surface area contributed by atoms with E-state index in [1.807, 2.05) is 0 Å². The highest BCUT2D eigenvalue weighted by Gasteiger charge is 2.30. The van der Waals surface area contributed by atoms with Crippen LogP contribution in [0.25, 0.3) is 0 Å². The van der Waals surface area contributed by atoms with Crippen molar-refractivity contribution in [3.05, 3.63) is 99.2 Å². The van der Waals surface area contributed by atoms with E-state index in [9.17, 15) is 22.8 Å². The lowest BCUT2D eigenvalue weighted by molar-refractivity contribution is -0.137. The predicted molar refractivity (Wildman–Crippen MR) is 101 cm³/mol. The molecule has 1 atom stereocenters. The molecule has 2 heterocycles. The Hall–Kier alpha value is -3.42. The maximum absolute atomic E-state index is 12.9. The van der Waals surface area contributed by atoms with Crippen molar-refractivity contribution in [3.63, 3.8) is 0 Å². The van der Waals surface area contributed by atoms with Crippen LogP contribution in [0.2, 0.25) is 0 Å². The zero-order valence-electron chi connectivity index (χ0n) is 15.7. The highest BCUT2D eigenvalue weighted by atomic mass is 19.4.